The Morgan fingerprint density at radius 2 is 2.00 bits per heavy atom. The van der Waals surface area contributed by atoms with Crippen LogP contribution in [0.4, 0.5) is 5.69 Å². The Balaban J connectivity index is 1.77. The lowest BCUT2D eigenvalue weighted by Gasteiger charge is -2.38. The number of imide groups is 1. The van der Waals surface area contributed by atoms with Crippen molar-refractivity contribution in [3.8, 4) is 0 Å². The van der Waals surface area contributed by atoms with E-state index in [0.717, 1.165) is 17.8 Å². The van der Waals surface area contributed by atoms with Gasteiger partial charge in [0.05, 0.1) is 5.92 Å². The fourth-order valence-electron chi connectivity index (χ4n) is 3.50. The van der Waals surface area contributed by atoms with E-state index in [-0.39, 0.29) is 24.2 Å². The number of piperidine rings is 1. The van der Waals surface area contributed by atoms with Crippen LogP contribution >= 0.6 is 0 Å². The topological polar surface area (TPSA) is 78.5 Å². The van der Waals surface area contributed by atoms with Gasteiger partial charge in [0.2, 0.25) is 17.7 Å². The van der Waals surface area contributed by atoms with Crippen LogP contribution in [0, 0.1) is 0 Å². The maximum atomic E-state index is 12.7. The van der Waals surface area contributed by atoms with E-state index in [1.165, 1.54) is 0 Å². The lowest BCUT2D eigenvalue weighted by atomic mass is 9.88. The number of hydrogen-bond acceptors (Lipinski definition) is 4. The monoisotopic (exact) mass is 329 g/mol. The fourth-order valence-corrected chi connectivity index (χ4v) is 3.50. The van der Waals surface area contributed by atoms with Crippen molar-refractivity contribution < 1.29 is 14.4 Å². The maximum Gasteiger partial charge on any atom is 0.249 e. The third-order valence-corrected chi connectivity index (χ3v) is 4.78. The third kappa shape index (κ3) is 3.13. The predicted octanol–water partition coefficient (Wildman–Crippen LogP) is 1.31. The summed E-state index contributed by atoms with van der Waals surface area (Å²) in [5.74, 6) is -1.09. The minimum Gasteiger partial charge on any atom is -0.369 e. The van der Waals surface area contributed by atoms with Crippen LogP contribution in [0.5, 0.6) is 0 Å². The Morgan fingerprint density at radius 3 is 2.71 bits per heavy atom. The average molecular weight is 329 g/mol. The number of carbonyl (C=O) groups is 3. The second kappa shape index (κ2) is 6.63. The highest BCUT2D eigenvalue weighted by Gasteiger charge is 2.34. The van der Waals surface area contributed by atoms with Gasteiger partial charge in [0.15, 0.2) is 0 Å². The Bertz CT molecular complexity index is 671. The smallest absolute Gasteiger partial charge is 0.249 e. The number of nitrogens with one attached hydrogen (secondary N) is 2. The van der Waals surface area contributed by atoms with Gasteiger partial charge in [0.1, 0.15) is 6.04 Å². The van der Waals surface area contributed by atoms with Crippen molar-refractivity contribution in [1.29, 1.82) is 0 Å². The SMILES string of the molecule is CC(C)N1CC[C@H](C(=O)N[C@H]2CCC(=O)NC2=O)c2ccccc21. The van der Waals surface area contributed by atoms with Crippen LogP contribution in [0.2, 0.25) is 0 Å². The zero-order chi connectivity index (χ0) is 17.3. The van der Waals surface area contributed by atoms with Crippen LogP contribution in [0.25, 0.3) is 0 Å². The van der Waals surface area contributed by atoms with E-state index in [9.17, 15) is 14.4 Å². The molecule has 2 aliphatic heterocycles. The second-order valence-corrected chi connectivity index (χ2v) is 6.70. The molecule has 1 saturated heterocycles. The molecule has 1 fully saturated rings. The Labute approximate surface area is 141 Å². The van der Waals surface area contributed by atoms with E-state index < -0.39 is 11.9 Å². The summed E-state index contributed by atoms with van der Waals surface area (Å²) in [5, 5.41) is 5.10. The van der Waals surface area contributed by atoms with Gasteiger partial charge in [0, 0.05) is 24.7 Å². The zero-order valence-electron chi connectivity index (χ0n) is 14.0. The van der Waals surface area contributed by atoms with Crippen LogP contribution in [0.15, 0.2) is 24.3 Å². The molecular formula is C18H23N3O3. The van der Waals surface area contributed by atoms with Crippen LogP contribution in [0.3, 0.4) is 0 Å². The number of anilines is 1. The van der Waals surface area contributed by atoms with E-state index in [1.54, 1.807) is 0 Å². The molecule has 1 aromatic carbocycles. The molecule has 0 bridgehead atoms. The van der Waals surface area contributed by atoms with Gasteiger partial charge < -0.3 is 10.2 Å². The molecule has 2 heterocycles. The molecule has 0 spiro atoms. The fraction of sp³-hybridized carbons (Fsp3) is 0.500. The first-order valence-corrected chi connectivity index (χ1v) is 8.47. The van der Waals surface area contributed by atoms with Crippen LogP contribution < -0.4 is 15.5 Å². The Hall–Kier alpha value is -2.37. The van der Waals surface area contributed by atoms with Crippen LogP contribution in [0.1, 0.15) is 44.6 Å². The van der Waals surface area contributed by atoms with Gasteiger partial charge in [-0.25, -0.2) is 0 Å². The van der Waals surface area contributed by atoms with Crippen molar-refractivity contribution in [2.45, 2.75) is 51.1 Å². The molecular weight excluding hydrogens is 306 g/mol. The van der Waals surface area contributed by atoms with Gasteiger partial charge in [-0.05, 0) is 38.3 Å². The first kappa shape index (κ1) is 16.5. The summed E-state index contributed by atoms with van der Waals surface area (Å²) in [6, 6.07) is 7.69. The molecule has 2 N–H and O–H groups in total. The van der Waals surface area contributed by atoms with Gasteiger partial charge in [-0.1, -0.05) is 18.2 Å². The number of hydrogen-bond donors (Lipinski definition) is 2. The van der Waals surface area contributed by atoms with Crippen molar-refractivity contribution in [2.75, 3.05) is 11.4 Å². The number of fused-ring (bicyclic) bond motifs is 1. The zero-order valence-corrected chi connectivity index (χ0v) is 14.0. The molecule has 0 saturated carbocycles. The number of carbonyl (C=O) groups excluding carboxylic acids is 3. The highest BCUT2D eigenvalue weighted by molar-refractivity contribution is 6.02. The number of para-hydroxylation sites is 1. The normalized spacial score (nSPS) is 23.7. The van der Waals surface area contributed by atoms with E-state index >= 15 is 0 Å². The number of amides is 3. The molecule has 2 aliphatic rings. The van der Waals surface area contributed by atoms with Crippen molar-refractivity contribution in [1.82, 2.24) is 10.6 Å². The summed E-state index contributed by atoms with van der Waals surface area (Å²) in [6.45, 7) is 5.09. The summed E-state index contributed by atoms with van der Waals surface area (Å²) in [4.78, 5) is 38.1. The van der Waals surface area contributed by atoms with Crippen molar-refractivity contribution in [2.24, 2.45) is 0 Å². The molecule has 0 aliphatic carbocycles. The number of nitrogens with zero attached hydrogens (tertiary/aromatic N) is 1. The molecule has 6 nitrogen and oxygen atoms in total. The Morgan fingerprint density at radius 1 is 1.25 bits per heavy atom. The highest BCUT2D eigenvalue weighted by Crippen LogP contribution is 2.36. The molecule has 3 rings (SSSR count). The van der Waals surface area contributed by atoms with E-state index in [0.29, 0.717) is 18.9 Å². The first-order valence-electron chi connectivity index (χ1n) is 8.47. The minimum atomic E-state index is -0.620. The molecule has 0 unspecified atom stereocenters. The molecule has 0 radical (unpaired) electrons. The van der Waals surface area contributed by atoms with E-state index in [4.69, 9.17) is 0 Å². The van der Waals surface area contributed by atoms with E-state index in [1.807, 2.05) is 24.3 Å². The summed E-state index contributed by atoms with van der Waals surface area (Å²) < 4.78 is 0. The molecule has 24 heavy (non-hydrogen) atoms. The molecule has 2 atom stereocenters. The molecule has 0 aromatic heterocycles. The Kier molecular flexibility index (Phi) is 4.55. The van der Waals surface area contributed by atoms with E-state index in [2.05, 4.69) is 29.4 Å². The summed E-state index contributed by atoms with van der Waals surface area (Å²) in [6.07, 6.45) is 1.34. The highest BCUT2D eigenvalue weighted by atomic mass is 16.2. The van der Waals surface area contributed by atoms with Gasteiger partial charge in [-0.2, -0.15) is 0 Å². The second-order valence-electron chi connectivity index (χ2n) is 6.70. The summed E-state index contributed by atoms with van der Waals surface area (Å²) in [7, 11) is 0. The lowest BCUT2D eigenvalue weighted by molar-refractivity contribution is -0.137. The molecule has 1 aromatic rings. The number of benzene rings is 1. The van der Waals surface area contributed by atoms with Crippen molar-refractivity contribution in [3.63, 3.8) is 0 Å². The molecule has 6 heteroatoms. The van der Waals surface area contributed by atoms with Crippen molar-refractivity contribution >= 4 is 23.4 Å². The van der Waals surface area contributed by atoms with Crippen LogP contribution in [-0.2, 0) is 14.4 Å². The predicted molar refractivity (Wildman–Crippen MR) is 90.6 cm³/mol. The standard InChI is InChI=1S/C18H23N3O3/c1-11(2)21-10-9-13(12-5-3-4-6-15(12)21)17(23)19-14-7-8-16(22)20-18(14)24/h3-6,11,13-14H,7-10H2,1-2H3,(H,19,23)(H,20,22,24)/t13-,14-/m0/s1. The quantitative estimate of drug-likeness (QED) is 0.820. The number of rotatable bonds is 3. The lowest BCUT2D eigenvalue weighted by Crippen LogP contribution is -2.53. The maximum absolute atomic E-state index is 12.7. The largest absolute Gasteiger partial charge is 0.369 e. The van der Waals surface area contributed by atoms with Crippen LogP contribution in [-0.4, -0.2) is 36.3 Å². The van der Waals surface area contributed by atoms with Gasteiger partial charge >= 0.3 is 0 Å². The third-order valence-electron chi connectivity index (χ3n) is 4.78. The van der Waals surface area contributed by atoms with Gasteiger partial charge in [-0.3, -0.25) is 19.7 Å². The molecule has 3 amide bonds. The van der Waals surface area contributed by atoms with Gasteiger partial charge in [-0.15, -0.1) is 0 Å². The van der Waals surface area contributed by atoms with Crippen molar-refractivity contribution in [3.05, 3.63) is 29.8 Å². The first-order chi connectivity index (χ1) is 11.5. The average Bonchev–Trinajstić information content (AvgIpc) is 2.56. The van der Waals surface area contributed by atoms with Gasteiger partial charge in [0.25, 0.3) is 0 Å². The molecule has 128 valence electrons. The summed E-state index contributed by atoms with van der Waals surface area (Å²) >= 11 is 0. The summed E-state index contributed by atoms with van der Waals surface area (Å²) in [5.41, 5.74) is 2.09. The minimum absolute atomic E-state index is 0.139.